The summed E-state index contributed by atoms with van der Waals surface area (Å²) in [6, 6.07) is 13.0. The molecule has 0 aliphatic rings. The molecule has 1 aromatic heterocycles. The second kappa shape index (κ2) is 10.5. The average Bonchev–Trinajstić information content (AvgIpc) is 3.26. The predicted molar refractivity (Wildman–Crippen MR) is 120 cm³/mol. The Bertz CT molecular complexity index is 1170. The third-order valence-corrected chi connectivity index (χ3v) is 5.47. The summed E-state index contributed by atoms with van der Waals surface area (Å²) in [5, 5.41) is 21.1. The van der Waals surface area contributed by atoms with Crippen LogP contribution < -0.4 is 14.8 Å². The van der Waals surface area contributed by atoms with Crippen LogP contribution >= 0.6 is 11.3 Å². The summed E-state index contributed by atoms with van der Waals surface area (Å²) in [7, 11) is 1.49. The molecule has 1 amide bonds. The third-order valence-electron chi connectivity index (χ3n) is 4.33. The first-order valence-electron chi connectivity index (χ1n) is 9.71. The Morgan fingerprint density at radius 3 is 2.59 bits per heavy atom. The van der Waals surface area contributed by atoms with Crippen molar-refractivity contribution in [1.82, 2.24) is 10.2 Å². The highest BCUT2D eigenvalue weighted by molar-refractivity contribution is 7.15. The Morgan fingerprint density at radius 2 is 1.97 bits per heavy atom. The van der Waals surface area contributed by atoms with Crippen LogP contribution in [0.1, 0.15) is 35.9 Å². The average molecular weight is 453 g/mol. The number of aromatic nitrogens is 2. The largest absolute Gasteiger partial charge is 0.493 e. The Labute approximate surface area is 189 Å². The van der Waals surface area contributed by atoms with E-state index in [4.69, 9.17) is 9.47 Å². The molecule has 1 N–H and O–H groups in total. The molecule has 164 valence electrons. The number of anilines is 1. The van der Waals surface area contributed by atoms with Crippen LogP contribution in [0.4, 0.5) is 9.52 Å². The number of nitriles is 1. The van der Waals surface area contributed by atoms with Crippen molar-refractivity contribution in [1.29, 1.82) is 5.26 Å². The fourth-order valence-electron chi connectivity index (χ4n) is 2.63. The predicted octanol–water partition coefficient (Wildman–Crippen LogP) is 4.93. The zero-order chi connectivity index (χ0) is 23.1. The zero-order valence-corrected chi connectivity index (χ0v) is 18.6. The van der Waals surface area contributed by atoms with E-state index in [1.807, 2.05) is 19.9 Å². The normalized spacial score (nSPS) is 11.2. The van der Waals surface area contributed by atoms with Crippen LogP contribution in [0.25, 0.3) is 6.08 Å². The van der Waals surface area contributed by atoms with Gasteiger partial charge in [0.1, 0.15) is 29.1 Å². The summed E-state index contributed by atoms with van der Waals surface area (Å²) >= 11 is 1.27. The number of halogens is 1. The van der Waals surface area contributed by atoms with Gasteiger partial charge in [0.25, 0.3) is 5.91 Å². The van der Waals surface area contributed by atoms with Crippen molar-refractivity contribution in [2.75, 3.05) is 12.4 Å². The highest BCUT2D eigenvalue weighted by Gasteiger charge is 2.15. The lowest BCUT2D eigenvalue weighted by atomic mass is 10.1. The van der Waals surface area contributed by atoms with E-state index in [1.54, 1.807) is 30.3 Å². The van der Waals surface area contributed by atoms with Gasteiger partial charge in [-0.1, -0.05) is 43.4 Å². The fraction of sp³-hybridized carbons (Fsp3) is 0.217. The van der Waals surface area contributed by atoms with Crippen molar-refractivity contribution < 1.29 is 18.7 Å². The van der Waals surface area contributed by atoms with Gasteiger partial charge in [-0.25, -0.2) is 4.39 Å². The van der Waals surface area contributed by atoms with Gasteiger partial charge >= 0.3 is 0 Å². The first-order chi connectivity index (χ1) is 15.4. The van der Waals surface area contributed by atoms with Crippen LogP contribution in [0.3, 0.4) is 0 Å². The molecule has 0 aliphatic carbocycles. The molecule has 32 heavy (non-hydrogen) atoms. The van der Waals surface area contributed by atoms with E-state index in [-0.39, 0.29) is 23.9 Å². The van der Waals surface area contributed by atoms with Crippen molar-refractivity contribution in [3.05, 3.63) is 70.0 Å². The highest BCUT2D eigenvalue weighted by Crippen LogP contribution is 2.30. The van der Waals surface area contributed by atoms with Crippen molar-refractivity contribution in [2.24, 2.45) is 0 Å². The molecule has 3 rings (SSSR count). The van der Waals surface area contributed by atoms with E-state index < -0.39 is 5.91 Å². The Kier molecular flexibility index (Phi) is 7.52. The minimum Gasteiger partial charge on any atom is -0.493 e. The van der Waals surface area contributed by atoms with E-state index in [9.17, 15) is 14.4 Å². The lowest BCUT2D eigenvalue weighted by molar-refractivity contribution is -0.112. The molecule has 0 spiro atoms. The fourth-order valence-corrected chi connectivity index (χ4v) is 3.37. The van der Waals surface area contributed by atoms with Crippen molar-refractivity contribution in [3.8, 4) is 17.6 Å². The van der Waals surface area contributed by atoms with Gasteiger partial charge in [-0.3, -0.25) is 10.1 Å². The van der Waals surface area contributed by atoms with Gasteiger partial charge in [-0.05, 0) is 41.5 Å². The molecule has 0 saturated heterocycles. The molecule has 9 heteroatoms. The first-order valence-corrected chi connectivity index (χ1v) is 10.5. The van der Waals surface area contributed by atoms with E-state index >= 15 is 0 Å². The standard InChI is InChI=1S/C23H21FN4O3S/c1-14(2)22-27-28-23(32-22)26-21(29)17(12-25)10-16-6-9-19(20(11-16)30-3)31-13-15-4-7-18(24)8-5-15/h4-11,14H,13H2,1-3H3,(H,26,28,29)/b17-10-. The molecule has 0 aliphatic heterocycles. The molecule has 2 aromatic carbocycles. The molecule has 0 bridgehead atoms. The molecule has 0 atom stereocenters. The maximum Gasteiger partial charge on any atom is 0.268 e. The van der Waals surface area contributed by atoms with Crippen molar-refractivity contribution >= 4 is 28.5 Å². The van der Waals surface area contributed by atoms with Crippen molar-refractivity contribution in [3.63, 3.8) is 0 Å². The molecular weight excluding hydrogens is 431 g/mol. The summed E-state index contributed by atoms with van der Waals surface area (Å²) in [6.45, 7) is 4.19. The van der Waals surface area contributed by atoms with Gasteiger partial charge in [0.05, 0.1) is 7.11 Å². The third kappa shape index (κ3) is 5.89. The van der Waals surface area contributed by atoms with E-state index in [1.165, 1.54) is 36.7 Å². The highest BCUT2D eigenvalue weighted by atomic mass is 32.1. The van der Waals surface area contributed by atoms with Gasteiger partial charge in [0, 0.05) is 5.92 Å². The molecule has 1 heterocycles. The Balaban J connectivity index is 1.72. The molecule has 0 unspecified atom stereocenters. The van der Waals surface area contributed by atoms with Crippen LogP contribution in [0.15, 0.2) is 48.0 Å². The summed E-state index contributed by atoms with van der Waals surface area (Å²) in [5.74, 6) is 0.220. The number of carbonyl (C=O) groups excluding carboxylic acids is 1. The second-order valence-corrected chi connectivity index (χ2v) is 8.06. The minimum atomic E-state index is -0.574. The number of nitrogens with zero attached hydrogens (tertiary/aromatic N) is 3. The quantitative estimate of drug-likeness (QED) is 0.384. The van der Waals surface area contributed by atoms with Crippen molar-refractivity contribution in [2.45, 2.75) is 26.4 Å². The summed E-state index contributed by atoms with van der Waals surface area (Å²) in [4.78, 5) is 12.5. The number of carbonyl (C=O) groups is 1. The molecule has 7 nitrogen and oxygen atoms in total. The SMILES string of the molecule is COc1cc(/C=C(/C#N)C(=O)Nc2nnc(C(C)C)s2)ccc1OCc1ccc(F)cc1. The summed E-state index contributed by atoms with van der Waals surface area (Å²) in [5.41, 5.74) is 1.30. The molecule has 3 aromatic rings. The Hall–Kier alpha value is -3.77. The first kappa shape index (κ1) is 22.9. The maximum atomic E-state index is 13.0. The maximum absolute atomic E-state index is 13.0. The van der Waals surface area contributed by atoms with Gasteiger partial charge < -0.3 is 9.47 Å². The number of rotatable bonds is 8. The van der Waals surface area contributed by atoms with Gasteiger partial charge in [0.15, 0.2) is 11.5 Å². The molecule has 0 saturated carbocycles. The van der Waals surface area contributed by atoms with Gasteiger partial charge in [-0.2, -0.15) is 5.26 Å². The Morgan fingerprint density at radius 1 is 1.22 bits per heavy atom. The van der Waals surface area contributed by atoms with Crippen LogP contribution in [0, 0.1) is 17.1 Å². The van der Waals surface area contributed by atoms with E-state index in [0.29, 0.717) is 22.2 Å². The number of amides is 1. The smallest absolute Gasteiger partial charge is 0.268 e. The zero-order valence-electron chi connectivity index (χ0n) is 17.8. The lowest BCUT2D eigenvalue weighted by Crippen LogP contribution is -2.13. The summed E-state index contributed by atoms with van der Waals surface area (Å²) < 4.78 is 24.2. The second-order valence-electron chi connectivity index (χ2n) is 7.05. The van der Waals surface area contributed by atoms with Gasteiger partial charge in [0.2, 0.25) is 5.13 Å². The van der Waals surface area contributed by atoms with Crippen LogP contribution in [0.5, 0.6) is 11.5 Å². The number of ether oxygens (including phenoxy) is 2. The monoisotopic (exact) mass is 452 g/mol. The number of benzene rings is 2. The lowest BCUT2D eigenvalue weighted by Gasteiger charge is -2.11. The van der Waals surface area contributed by atoms with Crippen LogP contribution in [0.2, 0.25) is 0 Å². The minimum absolute atomic E-state index is 0.0895. The molecule has 0 radical (unpaired) electrons. The van der Waals surface area contributed by atoms with E-state index in [2.05, 4.69) is 15.5 Å². The molecular formula is C23H21FN4O3S. The van der Waals surface area contributed by atoms with E-state index in [0.717, 1.165) is 10.6 Å². The topological polar surface area (TPSA) is 97.1 Å². The van der Waals surface area contributed by atoms with Crippen LogP contribution in [-0.4, -0.2) is 23.2 Å². The summed E-state index contributed by atoms with van der Waals surface area (Å²) in [6.07, 6.45) is 1.45. The number of methoxy groups -OCH3 is 1. The van der Waals surface area contributed by atoms with Crippen LogP contribution in [-0.2, 0) is 11.4 Å². The molecule has 0 fully saturated rings. The van der Waals surface area contributed by atoms with Gasteiger partial charge in [-0.15, -0.1) is 10.2 Å². The number of nitrogens with one attached hydrogen (secondary N) is 1. The number of hydrogen-bond acceptors (Lipinski definition) is 7. The number of hydrogen-bond donors (Lipinski definition) is 1.